The number of unbranched alkanes of at least 4 members (excludes halogenated alkanes) is 23. The molecule has 0 spiro atoms. The van der Waals surface area contributed by atoms with Crippen molar-refractivity contribution in [1.82, 2.24) is 5.32 Å². The fourth-order valence-corrected chi connectivity index (χ4v) is 12.1. The average molecular weight is 1370 g/mol. The summed E-state index contributed by atoms with van der Waals surface area (Å²) in [6, 6.07) is 0. The average Bonchev–Trinajstić information content (AvgIpc) is 0.785. The van der Waals surface area contributed by atoms with Crippen molar-refractivity contribution >= 4 is 31.5 Å². The number of carbonyl (C=O) groups is 4. The van der Waals surface area contributed by atoms with E-state index in [-0.39, 0.29) is 70.5 Å². The number of rotatable bonds is 55. The van der Waals surface area contributed by atoms with E-state index in [1.165, 1.54) is 77.0 Å². The van der Waals surface area contributed by atoms with E-state index in [4.69, 9.17) is 42.2 Å². The lowest BCUT2D eigenvalue weighted by atomic mass is 9.94. The molecule has 3 aliphatic heterocycles. The van der Waals surface area contributed by atoms with Crippen LogP contribution in [0.4, 0.5) is 0 Å². The standard InChI is InChI=1S/C67H120NO25P/c1-3-5-7-9-11-13-15-17-19-21-23-25-27-29-31-39-55(74)85-46-49(88-56(75)40-32-30-28-26-24-22-20-18-16-14-12-10-8-6-4-2)47-87-94(83,84)86-41-35-37-48(72)36-33-34-38-54(73)68-42-50-57(76)60(79)64(52(44-70)89-50)92-67-63(82)61(80)65(53(45-71)91-67)93-66-62(81)59(78)58(77)51(43-69)90-66/h17-20,49-53,57-67,69-71,76-82H,3-16,21-47H2,1-2H3,(H,68,73)(H,83,84)/b19-17-,20-18-/t49?,50-,51?,52-,53?,57?,58-,59-,60?,61+,62?,63?,64+,65-,66+,67-/m0/s1. The van der Waals surface area contributed by atoms with Crippen LogP contribution in [0.2, 0.25) is 0 Å². The molecule has 548 valence electrons. The van der Waals surface area contributed by atoms with Gasteiger partial charge < -0.3 is 94.4 Å². The Kier molecular flexibility index (Phi) is 46.5. The maximum atomic E-state index is 13.0. The van der Waals surface area contributed by atoms with Crippen LogP contribution < -0.4 is 5.32 Å². The first-order chi connectivity index (χ1) is 45.3. The zero-order valence-electron chi connectivity index (χ0n) is 56.1. The van der Waals surface area contributed by atoms with Crippen molar-refractivity contribution in [2.75, 3.05) is 46.2 Å². The highest BCUT2D eigenvalue weighted by Crippen LogP contribution is 2.43. The van der Waals surface area contributed by atoms with E-state index in [1.807, 2.05) is 0 Å². The Morgan fingerprint density at radius 1 is 0.447 bits per heavy atom. The number of phosphoric acid groups is 1. The molecule has 17 atom stereocenters. The molecule has 0 saturated carbocycles. The summed E-state index contributed by atoms with van der Waals surface area (Å²) in [4.78, 5) is 61.7. The summed E-state index contributed by atoms with van der Waals surface area (Å²) in [6.07, 6.45) is 12.4. The number of aliphatic hydroxyl groups is 10. The zero-order valence-corrected chi connectivity index (χ0v) is 57.0. The number of aliphatic hydroxyl groups excluding tert-OH is 10. The SMILES string of the molecule is CCCCCCCC/C=C\CCCCCCCC(=O)OCC(COP(=O)(O)OCCCC(=O)CCCCC(=O)NC[C@@H]1O[C@@H](CO)[C@@H](O[C@@H]2OC(CO)[C@H](O[C@H]3OC(CO)[C@H](O)[C@H](O)C3O)[C@H](O)C2O)C(O)C1O)OC(=O)CCCCCCC/C=C\CCCCCCCC. The van der Waals surface area contributed by atoms with Crippen molar-refractivity contribution < 1.29 is 122 Å². The predicted octanol–water partition coefficient (Wildman–Crippen LogP) is 6.17. The highest BCUT2D eigenvalue weighted by Gasteiger charge is 2.53. The second kappa shape index (κ2) is 51.3. The third-order valence-electron chi connectivity index (χ3n) is 17.1. The number of hydrogen-bond acceptors (Lipinski definition) is 24. The van der Waals surface area contributed by atoms with Crippen LogP contribution >= 0.6 is 7.82 Å². The van der Waals surface area contributed by atoms with Crippen LogP contribution in [0.3, 0.4) is 0 Å². The molecular formula is C67H120NO25P. The van der Waals surface area contributed by atoms with Gasteiger partial charge in [0.25, 0.3) is 0 Å². The maximum Gasteiger partial charge on any atom is 0.472 e. The van der Waals surface area contributed by atoms with Gasteiger partial charge in [0, 0.05) is 38.6 Å². The van der Waals surface area contributed by atoms with Gasteiger partial charge in [0.05, 0.1) is 33.0 Å². The Morgan fingerprint density at radius 3 is 1.38 bits per heavy atom. The molecule has 0 aliphatic carbocycles. The summed E-state index contributed by atoms with van der Waals surface area (Å²) >= 11 is 0. The van der Waals surface area contributed by atoms with Gasteiger partial charge in [-0.15, -0.1) is 0 Å². The lowest BCUT2D eigenvalue weighted by Gasteiger charge is -2.48. The van der Waals surface area contributed by atoms with Gasteiger partial charge in [0.15, 0.2) is 18.7 Å². The number of phosphoric ester groups is 1. The first kappa shape index (κ1) is 85.3. The van der Waals surface area contributed by atoms with Crippen molar-refractivity contribution in [2.45, 2.75) is 330 Å². The van der Waals surface area contributed by atoms with Gasteiger partial charge in [0.1, 0.15) is 91.7 Å². The first-order valence-corrected chi connectivity index (χ1v) is 36.7. The number of allylic oxidation sites excluding steroid dienone is 4. The molecule has 94 heavy (non-hydrogen) atoms. The third kappa shape index (κ3) is 35.2. The van der Waals surface area contributed by atoms with Gasteiger partial charge in [-0.05, 0) is 83.5 Å². The Balaban J connectivity index is 1.36. The topological polar surface area (TPSA) is 403 Å². The van der Waals surface area contributed by atoms with Crippen LogP contribution in [0.5, 0.6) is 0 Å². The number of ketones is 1. The molecule has 27 heteroatoms. The van der Waals surface area contributed by atoms with Gasteiger partial charge >= 0.3 is 19.8 Å². The Bertz CT molecular complexity index is 2110. The Morgan fingerprint density at radius 2 is 0.862 bits per heavy atom. The van der Waals surface area contributed by atoms with Gasteiger partial charge in [0.2, 0.25) is 5.91 Å². The normalized spacial score (nSPS) is 27.6. The zero-order chi connectivity index (χ0) is 68.9. The van der Waals surface area contributed by atoms with Gasteiger partial charge in [-0.3, -0.25) is 28.2 Å². The molecule has 0 radical (unpaired) electrons. The second-order valence-electron chi connectivity index (χ2n) is 25.2. The number of esters is 2. The maximum absolute atomic E-state index is 13.0. The van der Waals surface area contributed by atoms with Crippen LogP contribution in [0.1, 0.15) is 232 Å². The summed E-state index contributed by atoms with van der Waals surface area (Å²) in [5.74, 6) is -1.72. The minimum atomic E-state index is -4.71. The highest BCUT2D eigenvalue weighted by molar-refractivity contribution is 7.47. The van der Waals surface area contributed by atoms with Crippen molar-refractivity contribution in [3.63, 3.8) is 0 Å². The summed E-state index contributed by atoms with van der Waals surface area (Å²) in [5.41, 5.74) is 0. The van der Waals surface area contributed by atoms with E-state index < -0.39 is 150 Å². The largest absolute Gasteiger partial charge is 0.472 e. The van der Waals surface area contributed by atoms with E-state index in [2.05, 4.69) is 43.5 Å². The molecule has 1 amide bonds. The third-order valence-corrected chi connectivity index (χ3v) is 18.1. The van der Waals surface area contributed by atoms with Crippen molar-refractivity contribution in [3.8, 4) is 0 Å². The quantitative estimate of drug-likeness (QED) is 0.0140. The molecule has 3 saturated heterocycles. The fourth-order valence-electron chi connectivity index (χ4n) is 11.3. The molecule has 3 fully saturated rings. The molecule has 26 nitrogen and oxygen atoms in total. The van der Waals surface area contributed by atoms with Gasteiger partial charge in [-0.2, -0.15) is 0 Å². The first-order valence-electron chi connectivity index (χ1n) is 35.2. The molecular weight excluding hydrogens is 1250 g/mol. The summed E-state index contributed by atoms with van der Waals surface area (Å²) in [7, 11) is -4.71. The summed E-state index contributed by atoms with van der Waals surface area (Å²) < 4.78 is 62.2. The van der Waals surface area contributed by atoms with Crippen molar-refractivity contribution in [2.24, 2.45) is 0 Å². The summed E-state index contributed by atoms with van der Waals surface area (Å²) in [5, 5.41) is 107. The van der Waals surface area contributed by atoms with Gasteiger partial charge in [-0.1, -0.05) is 141 Å². The van der Waals surface area contributed by atoms with E-state index in [1.54, 1.807) is 0 Å². The molecule has 0 aromatic heterocycles. The van der Waals surface area contributed by atoms with Crippen LogP contribution in [-0.2, 0) is 65.9 Å². The molecule has 12 N–H and O–H groups in total. The van der Waals surface area contributed by atoms with E-state index in [9.17, 15) is 79.7 Å². The fraction of sp³-hybridized carbons (Fsp3) is 0.881. The number of carbonyl (C=O) groups excluding carboxylic acids is 4. The van der Waals surface area contributed by atoms with E-state index in [0.29, 0.717) is 19.3 Å². The van der Waals surface area contributed by atoms with Crippen LogP contribution in [-0.4, -0.2) is 224 Å². The molecule has 0 aromatic carbocycles. The molecule has 3 rings (SSSR count). The minimum Gasteiger partial charge on any atom is -0.462 e. The lowest BCUT2D eigenvalue weighted by Crippen LogP contribution is -2.67. The van der Waals surface area contributed by atoms with Crippen LogP contribution in [0, 0.1) is 0 Å². The highest BCUT2D eigenvalue weighted by atomic mass is 31.2. The number of nitrogens with one attached hydrogen (secondary N) is 1. The molecule has 3 heterocycles. The van der Waals surface area contributed by atoms with Crippen LogP contribution in [0.25, 0.3) is 0 Å². The Hall–Kier alpha value is -2.93. The number of ether oxygens (including phenoxy) is 7. The number of Topliss-reactive ketones (excluding diaryl/α,β-unsaturated/α-hetero) is 1. The van der Waals surface area contributed by atoms with Crippen molar-refractivity contribution in [3.05, 3.63) is 24.3 Å². The molecule has 0 aromatic rings. The van der Waals surface area contributed by atoms with E-state index >= 15 is 0 Å². The van der Waals surface area contributed by atoms with Gasteiger partial charge in [-0.25, -0.2) is 4.57 Å². The molecule has 8 unspecified atom stereocenters. The van der Waals surface area contributed by atoms with Crippen LogP contribution in [0.15, 0.2) is 24.3 Å². The second-order valence-corrected chi connectivity index (χ2v) is 26.7. The predicted molar refractivity (Wildman–Crippen MR) is 346 cm³/mol. The smallest absolute Gasteiger partial charge is 0.462 e. The lowest BCUT2D eigenvalue weighted by molar-refractivity contribution is -0.372. The number of amides is 1. The summed E-state index contributed by atoms with van der Waals surface area (Å²) in [6.45, 7) is 0.357. The molecule has 0 bridgehead atoms. The number of hydrogen-bond donors (Lipinski definition) is 12. The molecule has 3 aliphatic rings. The monoisotopic (exact) mass is 1370 g/mol. The Labute approximate surface area is 557 Å². The van der Waals surface area contributed by atoms with Crippen molar-refractivity contribution in [1.29, 1.82) is 0 Å². The van der Waals surface area contributed by atoms with E-state index in [0.717, 1.165) is 77.0 Å². The minimum absolute atomic E-state index is 0.0136.